The van der Waals surface area contributed by atoms with E-state index in [9.17, 15) is 4.79 Å². The zero-order valence-corrected chi connectivity index (χ0v) is 19.5. The topological polar surface area (TPSA) is 116 Å². The summed E-state index contributed by atoms with van der Waals surface area (Å²) < 4.78 is 11.9. The van der Waals surface area contributed by atoms with E-state index in [4.69, 9.17) is 19.6 Å². The van der Waals surface area contributed by atoms with E-state index in [1.807, 2.05) is 26.2 Å². The molecule has 0 radical (unpaired) electrons. The minimum absolute atomic E-state index is 0.285. The Morgan fingerprint density at radius 2 is 2.09 bits per heavy atom. The van der Waals surface area contributed by atoms with E-state index in [1.54, 1.807) is 12.1 Å². The molecule has 1 aliphatic heterocycles. The molecule has 1 saturated heterocycles. The first kappa shape index (κ1) is 23.5. The van der Waals surface area contributed by atoms with E-state index in [-0.39, 0.29) is 6.61 Å². The maximum atomic E-state index is 11.1. The lowest BCUT2D eigenvalue weighted by Gasteiger charge is -2.29. The molecule has 9 heteroatoms. The van der Waals surface area contributed by atoms with Gasteiger partial charge in [-0.3, -0.25) is 4.98 Å². The number of nitrogens with zero attached hydrogens (tertiary/aromatic N) is 5. The van der Waals surface area contributed by atoms with Crippen molar-refractivity contribution in [1.82, 2.24) is 19.9 Å². The summed E-state index contributed by atoms with van der Waals surface area (Å²) in [6, 6.07) is 9.53. The number of aromatic nitrogens is 2. The molecule has 4 rings (SSSR count). The number of hydrogen-bond donors (Lipinski definition) is 1. The predicted octanol–water partition coefficient (Wildman–Crippen LogP) is 4.06. The quantitative estimate of drug-likeness (QED) is 0.532. The summed E-state index contributed by atoms with van der Waals surface area (Å²) in [5, 5.41) is 23.4. The number of carbonyl (C=O) groups is 1. The van der Waals surface area contributed by atoms with Gasteiger partial charge in [0.2, 0.25) is 0 Å². The highest BCUT2D eigenvalue weighted by Crippen LogP contribution is 2.33. The molecule has 3 aromatic rings. The van der Waals surface area contributed by atoms with E-state index >= 15 is 0 Å². The van der Waals surface area contributed by atoms with Crippen molar-refractivity contribution in [2.75, 3.05) is 27.2 Å². The van der Waals surface area contributed by atoms with Crippen LogP contribution in [0.4, 0.5) is 4.79 Å². The van der Waals surface area contributed by atoms with Gasteiger partial charge in [-0.05, 0) is 70.0 Å². The second-order valence-corrected chi connectivity index (χ2v) is 8.98. The monoisotopic (exact) mass is 463 g/mol. The highest BCUT2D eigenvalue weighted by molar-refractivity contribution is 5.84. The van der Waals surface area contributed by atoms with Crippen LogP contribution >= 0.6 is 0 Å². The second-order valence-electron chi connectivity index (χ2n) is 8.98. The van der Waals surface area contributed by atoms with Crippen LogP contribution in [-0.4, -0.2) is 58.3 Å². The third-order valence-corrected chi connectivity index (χ3v) is 6.25. The first-order chi connectivity index (χ1) is 16.4. The van der Waals surface area contributed by atoms with Gasteiger partial charge in [0.15, 0.2) is 5.58 Å². The van der Waals surface area contributed by atoms with Gasteiger partial charge in [-0.25, -0.2) is 4.79 Å². The molecule has 34 heavy (non-hydrogen) atoms. The van der Waals surface area contributed by atoms with Gasteiger partial charge in [0.25, 0.3) is 0 Å². The van der Waals surface area contributed by atoms with E-state index in [0.29, 0.717) is 31.1 Å². The largest absolute Gasteiger partial charge is 0.487 e. The highest BCUT2D eigenvalue weighted by Gasteiger charge is 2.23. The van der Waals surface area contributed by atoms with Crippen molar-refractivity contribution in [3.63, 3.8) is 0 Å². The van der Waals surface area contributed by atoms with Crippen LogP contribution in [0.5, 0.6) is 5.75 Å². The van der Waals surface area contributed by atoms with Crippen LogP contribution in [0.3, 0.4) is 0 Å². The Balaban J connectivity index is 1.47. The predicted molar refractivity (Wildman–Crippen MR) is 125 cm³/mol. The second kappa shape index (κ2) is 10.5. The fourth-order valence-electron chi connectivity index (χ4n) is 4.35. The summed E-state index contributed by atoms with van der Waals surface area (Å²) in [5.41, 5.74) is 3.84. The summed E-state index contributed by atoms with van der Waals surface area (Å²) in [6.45, 7) is 2.12. The number of amides is 1. The zero-order valence-electron chi connectivity index (χ0n) is 19.5. The van der Waals surface area contributed by atoms with Crippen molar-refractivity contribution in [2.45, 2.75) is 38.8 Å². The van der Waals surface area contributed by atoms with Crippen molar-refractivity contribution in [3.8, 4) is 11.8 Å². The maximum absolute atomic E-state index is 11.1. The van der Waals surface area contributed by atoms with Gasteiger partial charge in [-0.15, -0.1) is 0 Å². The number of nitriles is 1. The van der Waals surface area contributed by atoms with Gasteiger partial charge >= 0.3 is 6.09 Å². The smallest absolute Gasteiger partial charge is 0.407 e. The lowest BCUT2D eigenvalue weighted by atomic mass is 9.91. The Labute approximate surface area is 198 Å². The number of ether oxygens (including phenoxy) is 1. The first-order valence-corrected chi connectivity index (χ1v) is 11.4. The van der Waals surface area contributed by atoms with Gasteiger partial charge in [-0.1, -0.05) is 5.16 Å². The summed E-state index contributed by atoms with van der Waals surface area (Å²) in [7, 11) is 3.98. The molecule has 0 saturated carbocycles. The molecule has 2 aromatic heterocycles. The summed E-state index contributed by atoms with van der Waals surface area (Å²) in [5.74, 6) is 1.21. The molecule has 1 aromatic carbocycles. The standard InChI is InChI=1S/C25H29N5O4/c1-29(2)15-21-23(33-16-19-5-3-18(13-26)14-27-19)8-6-20-22(28-34-24(20)21)7-4-17-9-11-30(12-10-17)25(31)32/h3,5-6,8,14,17H,4,7,9-12,15-16H2,1-2H3,(H,31,32). The molecule has 0 aliphatic carbocycles. The number of pyridine rings is 1. The van der Waals surface area contributed by atoms with E-state index in [2.05, 4.69) is 21.1 Å². The van der Waals surface area contributed by atoms with Crippen LogP contribution in [0.25, 0.3) is 11.0 Å². The zero-order chi connectivity index (χ0) is 24.1. The van der Waals surface area contributed by atoms with Gasteiger partial charge < -0.3 is 24.2 Å². The normalized spacial score (nSPS) is 14.5. The van der Waals surface area contributed by atoms with Crippen LogP contribution in [-0.2, 0) is 19.6 Å². The van der Waals surface area contributed by atoms with Gasteiger partial charge in [0.05, 0.1) is 22.5 Å². The first-order valence-electron chi connectivity index (χ1n) is 11.4. The Morgan fingerprint density at radius 1 is 1.29 bits per heavy atom. The highest BCUT2D eigenvalue weighted by atomic mass is 16.5. The molecule has 1 amide bonds. The number of piperidine rings is 1. The molecule has 1 aliphatic rings. The molecular weight excluding hydrogens is 434 g/mol. The molecule has 9 nitrogen and oxygen atoms in total. The number of aryl methyl sites for hydroxylation is 1. The Bertz CT molecular complexity index is 1170. The summed E-state index contributed by atoms with van der Waals surface area (Å²) in [4.78, 5) is 18.9. The Kier molecular flexibility index (Phi) is 7.28. The van der Waals surface area contributed by atoms with Crippen LogP contribution in [0.2, 0.25) is 0 Å². The van der Waals surface area contributed by atoms with Crippen molar-refractivity contribution in [1.29, 1.82) is 5.26 Å². The summed E-state index contributed by atoms with van der Waals surface area (Å²) in [6.07, 6.45) is 4.23. The molecule has 0 bridgehead atoms. The fraction of sp³-hybridized carbons (Fsp3) is 0.440. The molecule has 1 fully saturated rings. The third kappa shape index (κ3) is 5.46. The van der Waals surface area contributed by atoms with Gasteiger partial charge in [0, 0.05) is 31.2 Å². The SMILES string of the molecule is CN(C)Cc1c(OCc2ccc(C#N)cn2)ccc2c(CCC3CCN(C(=O)O)CC3)noc12. The van der Waals surface area contributed by atoms with Crippen molar-refractivity contribution in [3.05, 3.63) is 53.0 Å². The molecule has 0 atom stereocenters. The van der Waals surface area contributed by atoms with Crippen molar-refractivity contribution in [2.24, 2.45) is 5.92 Å². The minimum Gasteiger partial charge on any atom is -0.487 e. The van der Waals surface area contributed by atoms with E-state index < -0.39 is 6.09 Å². The fourth-order valence-corrected chi connectivity index (χ4v) is 4.35. The molecule has 0 spiro atoms. The van der Waals surface area contributed by atoms with Crippen molar-refractivity contribution < 1.29 is 19.2 Å². The maximum Gasteiger partial charge on any atom is 0.407 e. The van der Waals surface area contributed by atoms with Crippen LogP contribution in [0.15, 0.2) is 35.0 Å². The molecule has 1 N–H and O–H groups in total. The number of hydrogen-bond acceptors (Lipinski definition) is 7. The molecule has 3 heterocycles. The minimum atomic E-state index is -0.831. The lowest BCUT2D eigenvalue weighted by Crippen LogP contribution is -2.37. The number of likely N-dealkylation sites (tertiary alicyclic amines) is 1. The Morgan fingerprint density at radius 3 is 2.74 bits per heavy atom. The molecule has 178 valence electrons. The van der Waals surface area contributed by atoms with Gasteiger partial charge in [0.1, 0.15) is 18.4 Å². The average molecular weight is 464 g/mol. The molecule has 0 unspecified atom stereocenters. The van der Waals surface area contributed by atoms with Crippen LogP contribution in [0, 0.1) is 17.2 Å². The van der Waals surface area contributed by atoms with Crippen molar-refractivity contribution >= 4 is 17.1 Å². The third-order valence-electron chi connectivity index (χ3n) is 6.25. The number of fused-ring (bicyclic) bond motifs is 1. The Hall–Kier alpha value is -3.64. The lowest BCUT2D eigenvalue weighted by molar-refractivity contribution is 0.123. The number of rotatable bonds is 8. The summed E-state index contributed by atoms with van der Waals surface area (Å²) >= 11 is 0. The van der Waals surface area contributed by atoms with Crippen LogP contribution < -0.4 is 4.74 Å². The van der Waals surface area contributed by atoms with Crippen LogP contribution in [0.1, 0.15) is 41.8 Å². The van der Waals surface area contributed by atoms with Gasteiger partial charge in [-0.2, -0.15) is 5.26 Å². The average Bonchev–Trinajstić information content (AvgIpc) is 3.26. The molecular formula is C25H29N5O4. The van der Waals surface area contributed by atoms with E-state index in [0.717, 1.165) is 59.4 Å². The number of benzene rings is 1. The van der Waals surface area contributed by atoms with E-state index in [1.165, 1.54) is 11.1 Å². The number of carboxylic acid groups (broad SMARTS) is 1.